The molecule has 0 aliphatic rings. The molecule has 0 unspecified atom stereocenters. The summed E-state index contributed by atoms with van der Waals surface area (Å²) in [7, 11) is 0. The Kier molecular flexibility index (Phi) is 4.36. The molecule has 0 bridgehead atoms. The Bertz CT molecular complexity index is 1500. The normalized spacial score (nSPS) is 11.9. The zero-order chi connectivity index (χ0) is 19.4. The first-order chi connectivity index (χ1) is 14.2. The molecule has 0 amide bonds. The van der Waals surface area contributed by atoms with Crippen LogP contribution in [-0.4, -0.2) is 0 Å². The molecule has 0 aliphatic heterocycles. The molecular formula is C26H17IS2. The fourth-order valence-electron chi connectivity index (χ4n) is 4.17. The summed E-state index contributed by atoms with van der Waals surface area (Å²) in [4.78, 5) is 1.47. The van der Waals surface area contributed by atoms with Gasteiger partial charge in [-0.3, -0.25) is 0 Å². The lowest BCUT2D eigenvalue weighted by Crippen LogP contribution is -1.88. The molecule has 3 heteroatoms. The Morgan fingerprint density at radius 2 is 1.31 bits per heavy atom. The summed E-state index contributed by atoms with van der Waals surface area (Å²) in [6.45, 7) is 0. The van der Waals surface area contributed by atoms with Crippen LogP contribution in [0.4, 0.5) is 0 Å². The average Bonchev–Trinajstić information content (AvgIpc) is 3.39. The number of fused-ring (bicyclic) bond motifs is 6. The maximum atomic E-state index is 2.39. The fraction of sp³-hybridized carbons (Fsp3) is 0.0769. The molecule has 0 N–H and O–H groups in total. The van der Waals surface area contributed by atoms with Crippen LogP contribution in [0.5, 0.6) is 0 Å². The minimum atomic E-state index is 1.10. The standard InChI is InChI=1S/C26H17IS2/c27-21-8-1-16(2-9-21)3-10-22-13-20-7-6-19-14-23-18(15-24(19)26(20)29-22)5-4-17-11-12-28-25(17)23/h1-2,4-9,11-15H,3,10H2. The van der Waals surface area contributed by atoms with Crippen molar-refractivity contribution in [2.24, 2.45) is 0 Å². The van der Waals surface area contributed by atoms with Gasteiger partial charge in [-0.1, -0.05) is 36.4 Å². The Hall–Kier alpha value is -1.95. The van der Waals surface area contributed by atoms with Crippen molar-refractivity contribution in [1.82, 2.24) is 0 Å². The van der Waals surface area contributed by atoms with E-state index >= 15 is 0 Å². The molecule has 0 spiro atoms. The predicted octanol–water partition coefficient (Wildman–Crippen LogP) is 8.81. The lowest BCUT2D eigenvalue weighted by atomic mass is 10.0. The van der Waals surface area contributed by atoms with Crippen LogP contribution >= 0.6 is 45.3 Å². The van der Waals surface area contributed by atoms with Gasteiger partial charge in [-0.25, -0.2) is 0 Å². The van der Waals surface area contributed by atoms with Gasteiger partial charge in [0, 0.05) is 28.6 Å². The second kappa shape index (κ2) is 7.08. The number of benzene rings is 4. The summed E-state index contributed by atoms with van der Waals surface area (Å²) in [6, 6.07) is 27.4. The third kappa shape index (κ3) is 3.16. The SMILES string of the molecule is Ic1ccc(CCc2cc3ccc4cc5c(ccc6ccsc65)cc4c3s2)cc1. The number of halogens is 1. The Morgan fingerprint density at radius 3 is 2.10 bits per heavy atom. The van der Waals surface area contributed by atoms with Crippen molar-refractivity contribution in [2.45, 2.75) is 12.8 Å². The molecule has 0 fully saturated rings. The second-order valence-corrected chi connectivity index (χ2v) is 10.8. The largest absolute Gasteiger partial charge is 0.143 e. The van der Waals surface area contributed by atoms with E-state index in [1.54, 1.807) is 0 Å². The van der Waals surface area contributed by atoms with Gasteiger partial charge in [-0.2, -0.15) is 0 Å². The van der Waals surface area contributed by atoms with E-state index in [9.17, 15) is 0 Å². The van der Waals surface area contributed by atoms with Crippen LogP contribution in [0.3, 0.4) is 0 Å². The average molecular weight is 520 g/mol. The van der Waals surface area contributed by atoms with Crippen LogP contribution in [0, 0.1) is 3.57 Å². The lowest BCUT2D eigenvalue weighted by molar-refractivity contribution is 0.981. The first-order valence-corrected chi connectivity index (χ1v) is 12.5. The lowest BCUT2D eigenvalue weighted by Gasteiger charge is -2.05. The third-order valence-corrected chi connectivity index (χ3v) is 8.60. The minimum absolute atomic E-state index is 1.10. The minimum Gasteiger partial charge on any atom is -0.143 e. The van der Waals surface area contributed by atoms with Gasteiger partial charge in [-0.15, -0.1) is 22.7 Å². The van der Waals surface area contributed by atoms with E-state index in [-0.39, 0.29) is 0 Å². The van der Waals surface area contributed by atoms with Crippen molar-refractivity contribution in [3.05, 3.63) is 92.2 Å². The van der Waals surface area contributed by atoms with Crippen molar-refractivity contribution < 1.29 is 0 Å². The zero-order valence-corrected chi connectivity index (χ0v) is 19.4. The number of thiophene rings is 2. The summed E-state index contributed by atoms with van der Waals surface area (Å²) < 4.78 is 4.12. The summed E-state index contributed by atoms with van der Waals surface area (Å²) in [5.74, 6) is 0. The molecule has 0 radical (unpaired) electrons. The number of rotatable bonds is 3. The van der Waals surface area contributed by atoms with E-state index in [0.717, 1.165) is 12.8 Å². The van der Waals surface area contributed by atoms with Gasteiger partial charge >= 0.3 is 0 Å². The van der Waals surface area contributed by atoms with E-state index in [1.165, 1.54) is 55.7 Å². The molecule has 2 aromatic heterocycles. The van der Waals surface area contributed by atoms with E-state index in [4.69, 9.17) is 0 Å². The number of aryl methyl sites for hydroxylation is 2. The maximum absolute atomic E-state index is 2.39. The van der Waals surface area contributed by atoms with Crippen molar-refractivity contribution in [3.63, 3.8) is 0 Å². The molecule has 6 rings (SSSR count). The van der Waals surface area contributed by atoms with Crippen LogP contribution in [0.15, 0.2) is 78.2 Å². The predicted molar refractivity (Wildman–Crippen MR) is 139 cm³/mol. The van der Waals surface area contributed by atoms with Gasteiger partial charge in [0.1, 0.15) is 0 Å². The Balaban J connectivity index is 1.44. The van der Waals surface area contributed by atoms with E-state index in [2.05, 4.69) is 101 Å². The van der Waals surface area contributed by atoms with Gasteiger partial charge < -0.3 is 0 Å². The van der Waals surface area contributed by atoms with Crippen molar-refractivity contribution in [3.8, 4) is 0 Å². The van der Waals surface area contributed by atoms with Gasteiger partial charge in [0.15, 0.2) is 0 Å². The fourth-order valence-corrected chi connectivity index (χ4v) is 6.64. The van der Waals surface area contributed by atoms with Crippen molar-refractivity contribution in [2.75, 3.05) is 0 Å². The van der Waals surface area contributed by atoms with Crippen LogP contribution in [0.1, 0.15) is 10.4 Å². The quantitative estimate of drug-likeness (QED) is 0.162. The van der Waals surface area contributed by atoms with Crippen LogP contribution in [0.25, 0.3) is 41.7 Å². The van der Waals surface area contributed by atoms with E-state index in [1.807, 2.05) is 22.7 Å². The molecule has 0 nitrogen and oxygen atoms in total. The summed E-state index contributed by atoms with van der Waals surface area (Å²) in [5.41, 5.74) is 1.42. The molecule has 2 heterocycles. The molecule has 0 atom stereocenters. The second-order valence-electron chi connectivity index (χ2n) is 7.52. The van der Waals surface area contributed by atoms with E-state index in [0.29, 0.717) is 0 Å². The van der Waals surface area contributed by atoms with Gasteiger partial charge in [0.25, 0.3) is 0 Å². The molecule has 4 aromatic carbocycles. The van der Waals surface area contributed by atoms with Crippen molar-refractivity contribution >= 4 is 87.0 Å². The molecule has 6 aromatic rings. The summed E-state index contributed by atoms with van der Waals surface area (Å²) in [5, 5.41) is 10.4. The Labute approximate surface area is 190 Å². The molecule has 0 aliphatic carbocycles. The topological polar surface area (TPSA) is 0 Å². The highest BCUT2D eigenvalue weighted by Crippen LogP contribution is 2.38. The number of hydrogen-bond donors (Lipinski definition) is 0. The highest BCUT2D eigenvalue weighted by atomic mass is 127. The van der Waals surface area contributed by atoms with Crippen LogP contribution in [-0.2, 0) is 12.8 Å². The first-order valence-electron chi connectivity index (χ1n) is 9.74. The summed E-state index contributed by atoms with van der Waals surface area (Å²) in [6.07, 6.45) is 2.20. The molecule has 0 saturated heterocycles. The highest BCUT2D eigenvalue weighted by molar-refractivity contribution is 14.1. The molecule has 0 saturated carbocycles. The monoisotopic (exact) mass is 520 g/mol. The maximum Gasteiger partial charge on any atom is 0.0424 e. The van der Waals surface area contributed by atoms with Gasteiger partial charge in [-0.05, 0) is 104 Å². The highest BCUT2D eigenvalue weighted by Gasteiger charge is 2.09. The first kappa shape index (κ1) is 17.9. The van der Waals surface area contributed by atoms with Gasteiger partial charge in [0.05, 0.1) is 0 Å². The molecular weight excluding hydrogens is 503 g/mol. The van der Waals surface area contributed by atoms with Crippen LogP contribution in [0.2, 0.25) is 0 Å². The number of hydrogen-bond acceptors (Lipinski definition) is 2. The smallest absolute Gasteiger partial charge is 0.0424 e. The van der Waals surface area contributed by atoms with E-state index < -0.39 is 0 Å². The molecule has 29 heavy (non-hydrogen) atoms. The van der Waals surface area contributed by atoms with Gasteiger partial charge in [0.2, 0.25) is 0 Å². The summed E-state index contributed by atoms with van der Waals surface area (Å²) >= 11 is 6.17. The van der Waals surface area contributed by atoms with Crippen LogP contribution < -0.4 is 0 Å². The Morgan fingerprint density at radius 1 is 0.621 bits per heavy atom. The molecule has 140 valence electrons. The van der Waals surface area contributed by atoms with Crippen molar-refractivity contribution in [1.29, 1.82) is 0 Å². The zero-order valence-electron chi connectivity index (χ0n) is 15.6. The third-order valence-electron chi connectivity index (χ3n) is 5.68.